The van der Waals surface area contributed by atoms with Crippen LogP contribution in [-0.4, -0.2) is 43.0 Å². The molecule has 0 bridgehead atoms. The maximum atomic E-state index is 12.5. The maximum Gasteiger partial charge on any atom is 0.192 e. The fourth-order valence-corrected chi connectivity index (χ4v) is 2.47. The summed E-state index contributed by atoms with van der Waals surface area (Å²) >= 11 is 0. The molecule has 20 heavy (non-hydrogen) atoms. The second kappa shape index (κ2) is 6.06. The molecule has 1 aliphatic heterocycles. The molecule has 1 heterocycles. The van der Waals surface area contributed by atoms with Gasteiger partial charge in [-0.2, -0.15) is 0 Å². The zero-order valence-corrected chi connectivity index (χ0v) is 13.0. The fourth-order valence-electron chi connectivity index (χ4n) is 2.47. The third-order valence-electron chi connectivity index (χ3n) is 3.93. The first kappa shape index (κ1) is 15.2. The molecule has 0 saturated carbocycles. The van der Waals surface area contributed by atoms with Crippen molar-refractivity contribution >= 4 is 5.78 Å². The van der Waals surface area contributed by atoms with Crippen molar-refractivity contribution in [1.29, 1.82) is 0 Å². The zero-order valence-electron chi connectivity index (χ0n) is 13.0. The number of ketones is 1. The standard InChI is InChI=1S/C17H25NO2/c1-5-18-10-11-20-15(12-18)16(19)13-6-8-14(9-7-13)17(2,3)4/h6-9,15H,5,10-12H2,1-4H3. The summed E-state index contributed by atoms with van der Waals surface area (Å²) in [6.45, 7) is 11.9. The van der Waals surface area contributed by atoms with Gasteiger partial charge in [-0.25, -0.2) is 0 Å². The molecule has 0 aromatic heterocycles. The Morgan fingerprint density at radius 3 is 2.50 bits per heavy atom. The first-order valence-corrected chi connectivity index (χ1v) is 7.40. The number of likely N-dealkylation sites (N-methyl/N-ethyl adjacent to an activating group) is 1. The van der Waals surface area contributed by atoms with Gasteiger partial charge in [-0.3, -0.25) is 9.69 Å². The second-order valence-electron chi connectivity index (χ2n) is 6.44. The van der Waals surface area contributed by atoms with Crippen LogP contribution in [0.15, 0.2) is 24.3 Å². The van der Waals surface area contributed by atoms with E-state index in [1.165, 1.54) is 5.56 Å². The summed E-state index contributed by atoms with van der Waals surface area (Å²) < 4.78 is 5.63. The van der Waals surface area contributed by atoms with Gasteiger partial charge in [0.15, 0.2) is 5.78 Å². The van der Waals surface area contributed by atoms with E-state index in [1.807, 2.05) is 24.3 Å². The van der Waals surface area contributed by atoms with Gasteiger partial charge in [0.25, 0.3) is 0 Å². The van der Waals surface area contributed by atoms with Crippen LogP contribution in [0.3, 0.4) is 0 Å². The van der Waals surface area contributed by atoms with Gasteiger partial charge in [-0.1, -0.05) is 52.0 Å². The minimum atomic E-state index is -0.316. The summed E-state index contributed by atoms with van der Waals surface area (Å²) in [5, 5.41) is 0. The van der Waals surface area contributed by atoms with E-state index in [1.54, 1.807) is 0 Å². The van der Waals surface area contributed by atoms with E-state index in [4.69, 9.17) is 4.74 Å². The molecule has 0 amide bonds. The van der Waals surface area contributed by atoms with Crippen molar-refractivity contribution in [1.82, 2.24) is 4.90 Å². The lowest BCUT2D eigenvalue weighted by Gasteiger charge is -2.31. The number of hydrogen-bond donors (Lipinski definition) is 0. The molecule has 1 saturated heterocycles. The Kier molecular flexibility index (Phi) is 4.61. The highest BCUT2D eigenvalue weighted by molar-refractivity contribution is 5.99. The van der Waals surface area contributed by atoms with Crippen LogP contribution >= 0.6 is 0 Å². The minimum absolute atomic E-state index is 0.101. The molecule has 3 nitrogen and oxygen atoms in total. The smallest absolute Gasteiger partial charge is 0.192 e. The van der Waals surface area contributed by atoms with Crippen LogP contribution < -0.4 is 0 Å². The Balaban J connectivity index is 2.09. The number of ether oxygens (including phenoxy) is 1. The van der Waals surface area contributed by atoms with Crippen molar-refractivity contribution in [2.24, 2.45) is 0 Å². The van der Waals surface area contributed by atoms with Crippen LogP contribution in [0.4, 0.5) is 0 Å². The Labute approximate surface area is 121 Å². The Bertz CT molecular complexity index is 459. The number of carbonyl (C=O) groups is 1. The van der Waals surface area contributed by atoms with Crippen molar-refractivity contribution in [3.05, 3.63) is 35.4 Å². The average molecular weight is 275 g/mol. The molecule has 0 aliphatic carbocycles. The van der Waals surface area contributed by atoms with Crippen molar-refractivity contribution in [3.8, 4) is 0 Å². The molecule has 0 N–H and O–H groups in total. The molecule has 1 aromatic rings. The minimum Gasteiger partial charge on any atom is -0.367 e. The van der Waals surface area contributed by atoms with Crippen LogP contribution in [0.5, 0.6) is 0 Å². The second-order valence-corrected chi connectivity index (χ2v) is 6.44. The fraction of sp³-hybridized carbons (Fsp3) is 0.588. The molecule has 1 aromatic carbocycles. The quantitative estimate of drug-likeness (QED) is 0.794. The predicted octanol–water partition coefficient (Wildman–Crippen LogP) is 2.89. The number of hydrogen-bond acceptors (Lipinski definition) is 3. The third kappa shape index (κ3) is 3.47. The van der Waals surface area contributed by atoms with E-state index >= 15 is 0 Å². The lowest BCUT2D eigenvalue weighted by atomic mass is 9.86. The molecular weight excluding hydrogens is 250 g/mol. The number of Topliss-reactive ketones (excluding diaryl/α,β-unsaturated/α-hetero) is 1. The van der Waals surface area contributed by atoms with E-state index in [2.05, 4.69) is 32.6 Å². The Morgan fingerprint density at radius 2 is 1.95 bits per heavy atom. The summed E-state index contributed by atoms with van der Waals surface area (Å²) in [7, 11) is 0. The highest BCUT2D eigenvalue weighted by Gasteiger charge is 2.27. The number of morpholine rings is 1. The molecule has 110 valence electrons. The maximum absolute atomic E-state index is 12.5. The van der Waals surface area contributed by atoms with Gasteiger partial charge in [0, 0.05) is 18.7 Å². The van der Waals surface area contributed by atoms with Crippen LogP contribution in [0, 0.1) is 0 Å². The highest BCUT2D eigenvalue weighted by Crippen LogP contribution is 2.23. The number of benzene rings is 1. The lowest BCUT2D eigenvalue weighted by molar-refractivity contribution is -0.0148. The van der Waals surface area contributed by atoms with Crippen molar-refractivity contribution in [2.45, 2.75) is 39.2 Å². The van der Waals surface area contributed by atoms with E-state index in [9.17, 15) is 4.79 Å². The molecule has 0 spiro atoms. The molecule has 1 unspecified atom stereocenters. The van der Waals surface area contributed by atoms with Crippen molar-refractivity contribution in [2.75, 3.05) is 26.2 Å². The molecular formula is C17H25NO2. The van der Waals surface area contributed by atoms with E-state index in [-0.39, 0.29) is 17.3 Å². The summed E-state index contributed by atoms with van der Waals surface area (Å²) in [6, 6.07) is 7.95. The summed E-state index contributed by atoms with van der Waals surface area (Å²) in [6.07, 6.45) is -0.316. The average Bonchev–Trinajstić information content (AvgIpc) is 2.46. The van der Waals surface area contributed by atoms with Crippen molar-refractivity contribution < 1.29 is 9.53 Å². The van der Waals surface area contributed by atoms with E-state index in [0.717, 1.165) is 18.7 Å². The van der Waals surface area contributed by atoms with Gasteiger partial charge < -0.3 is 4.74 Å². The summed E-state index contributed by atoms with van der Waals surface area (Å²) in [5.41, 5.74) is 2.11. The van der Waals surface area contributed by atoms with Gasteiger partial charge in [-0.05, 0) is 17.5 Å². The van der Waals surface area contributed by atoms with E-state index < -0.39 is 0 Å². The molecule has 3 heteroatoms. The summed E-state index contributed by atoms with van der Waals surface area (Å²) in [5.74, 6) is 0.101. The molecule has 1 atom stereocenters. The topological polar surface area (TPSA) is 29.5 Å². The predicted molar refractivity (Wildman–Crippen MR) is 81.3 cm³/mol. The van der Waals surface area contributed by atoms with Crippen LogP contribution in [0.25, 0.3) is 0 Å². The van der Waals surface area contributed by atoms with Gasteiger partial charge in [0.1, 0.15) is 6.10 Å². The highest BCUT2D eigenvalue weighted by atomic mass is 16.5. The normalized spacial score (nSPS) is 20.9. The summed E-state index contributed by atoms with van der Waals surface area (Å²) in [4.78, 5) is 14.7. The number of nitrogens with zero attached hydrogens (tertiary/aromatic N) is 1. The first-order valence-electron chi connectivity index (χ1n) is 7.40. The molecule has 2 rings (SSSR count). The van der Waals surface area contributed by atoms with Crippen LogP contribution in [-0.2, 0) is 10.2 Å². The van der Waals surface area contributed by atoms with Gasteiger partial charge in [-0.15, -0.1) is 0 Å². The zero-order chi connectivity index (χ0) is 14.8. The van der Waals surface area contributed by atoms with Crippen LogP contribution in [0.1, 0.15) is 43.6 Å². The molecule has 1 aliphatic rings. The van der Waals surface area contributed by atoms with Crippen molar-refractivity contribution in [3.63, 3.8) is 0 Å². The van der Waals surface area contributed by atoms with Crippen LogP contribution in [0.2, 0.25) is 0 Å². The first-order chi connectivity index (χ1) is 9.41. The Hall–Kier alpha value is -1.19. The van der Waals surface area contributed by atoms with Gasteiger partial charge in [0.2, 0.25) is 0 Å². The van der Waals surface area contributed by atoms with E-state index in [0.29, 0.717) is 13.2 Å². The van der Waals surface area contributed by atoms with Gasteiger partial charge >= 0.3 is 0 Å². The largest absolute Gasteiger partial charge is 0.367 e. The molecule has 0 radical (unpaired) electrons. The monoisotopic (exact) mass is 275 g/mol. The third-order valence-corrected chi connectivity index (χ3v) is 3.93. The Morgan fingerprint density at radius 1 is 1.30 bits per heavy atom. The lowest BCUT2D eigenvalue weighted by Crippen LogP contribution is -2.45. The molecule has 1 fully saturated rings. The number of rotatable bonds is 3. The number of carbonyl (C=O) groups excluding carboxylic acids is 1. The SMILES string of the molecule is CCN1CCOC(C(=O)c2ccc(C(C)(C)C)cc2)C1. The van der Waals surface area contributed by atoms with Gasteiger partial charge in [0.05, 0.1) is 6.61 Å².